The third kappa shape index (κ3) is 4.26. The highest BCUT2D eigenvalue weighted by Crippen LogP contribution is 2.35. The minimum atomic E-state index is -0.234. The van der Waals surface area contributed by atoms with Crippen molar-refractivity contribution in [3.63, 3.8) is 0 Å². The zero-order valence-electron chi connectivity index (χ0n) is 16.7. The van der Waals surface area contributed by atoms with Crippen molar-refractivity contribution in [2.45, 2.75) is 30.6 Å². The number of fused-ring (bicyclic) bond motifs is 2. The minimum Gasteiger partial charge on any atom is -0.467 e. The van der Waals surface area contributed by atoms with Crippen LogP contribution in [0.4, 0.5) is 0 Å². The van der Waals surface area contributed by atoms with Crippen molar-refractivity contribution < 1.29 is 23.4 Å². The first-order valence-corrected chi connectivity index (χ1v) is 11.0. The fraction of sp³-hybridized carbons (Fsp3) is 0.381. The Morgan fingerprint density at radius 3 is 2.94 bits per heavy atom. The van der Waals surface area contributed by atoms with Gasteiger partial charge in [-0.1, -0.05) is 11.8 Å². The van der Waals surface area contributed by atoms with Crippen molar-refractivity contribution >= 4 is 28.6 Å². The summed E-state index contributed by atoms with van der Waals surface area (Å²) in [5.74, 6) is 1.69. The number of benzene rings is 1. The molecule has 10 heteroatoms. The first-order valence-electron chi connectivity index (χ1n) is 10.0. The molecule has 0 spiro atoms. The quantitative estimate of drug-likeness (QED) is 0.438. The summed E-state index contributed by atoms with van der Waals surface area (Å²) >= 11 is 1.21. The standard InChI is InChI=1S/C21H21N3O6S/c25-19(22-9-13-3-1-5-27-13)11-31-21-23-16-8-18-17(29-12-30-18)7-15(16)20(26)24(21)10-14-4-2-6-28-14/h2,4,6-8,13H,1,3,5,9-12H2,(H,22,25)/t13-/m0/s1. The smallest absolute Gasteiger partial charge is 0.262 e. The second-order valence-corrected chi connectivity index (χ2v) is 8.26. The highest BCUT2D eigenvalue weighted by Gasteiger charge is 2.21. The molecule has 9 nitrogen and oxygen atoms in total. The molecule has 1 atom stereocenters. The van der Waals surface area contributed by atoms with Gasteiger partial charge in [-0.15, -0.1) is 0 Å². The van der Waals surface area contributed by atoms with Gasteiger partial charge in [0, 0.05) is 19.2 Å². The topological polar surface area (TPSA) is 105 Å². The fourth-order valence-electron chi connectivity index (χ4n) is 3.61. The lowest BCUT2D eigenvalue weighted by Gasteiger charge is -2.13. The summed E-state index contributed by atoms with van der Waals surface area (Å²) in [5, 5.41) is 3.74. The molecule has 1 fully saturated rings. The fourth-order valence-corrected chi connectivity index (χ4v) is 4.44. The second-order valence-electron chi connectivity index (χ2n) is 7.32. The van der Waals surface area contributed by atoms with E-state index in [4.69, 9.17) is 18.6 Å². The van der Waals surface area contributed by atoms with Crippen molar-refractivity contribution in [1.82, 2.24) is 14.9 Å². The number of rotatable bonds is 7. The van der Waals surface area contributed by atoms with E-state index in [0.717, 1.165) is 19.4 Å². The number of nitrogens with one attached hydrogen (secondary N) is 1. The molecular formula is C21H21N3O6S. The number of thioether (sulfide) groups is 1. The van der Waals surface area contributed by atoms with Crippen molar-refractivity contribution in [3.05, 3.63) is 46.6 Å². The molecule has 0 radical (unpaired) electrons. The molecule has 0 bridgehead atoms. The van der Waals surface area contributed by atoms with Gasteiger partial charge in [0.05, 0.1) is 35.6 Å². The number of amides is 1. The number of hydrogen-bond donors (Lipinski definition) is 1. The monoisotopic (exact) mass is 443 g/mol. The first kappa shape index (κ1) is 20.0. The maximum Gasteiger partial charge on any atom is 0.262 e. The van der Waals surface area contributed by atoms with Crippen LogP contribution in [0.15, 0.2) is 44.9 Å². The number of aromatic nitrogens is 2. The zero-order chi connectivity index (χ0) is 21.2. The lowest BCUT2D eigenvalue weighted by Crippen LogP contribution is -2.33. The molecule has 2 aromatic heterocycles. The Morgan fingerprint density at radius 2 is 2.16 bits per heavy atom. The van der Waals surface area contributed by atoms with Crippen LogP contribution in [-0.2, 0) is 16.1 Å². The van der Waals surface area contributed by atoms with Gasteiger partial charge in [0.1, 0.15) is 5.76 Å². The van der Waals surface area contributed by atoms with Gasteiger partial charge in [-0.25, -0.2) is 4.98 Å². The van der Waals surface area contributed by atoms with Crippen LogP contribution < -0.4 is 20.3 Å². The minimum absolute atomic E-state index is 0.0780. The molecule has 1 N–H and O–H groups in total. The van der Waals surface area contributed by atoms with E-state index in [2.05, 4.69) is 10.3 Å². The van der Waals surface area contributed by atoms with Gasteiger partial charge in [0.15, 0.2) is 16.7 Å². The van der Waals surface area contributed by atoms with Gasteiger partial charge in [0.25, 0.3) is 5.56 Å². The summed E-state index contributed by atoms with van der Waals surface area (Å²) in [6.45, 7) is 1.56. The van der Waals surface area contributed by atoms with Crippen molar-refractivity contribution in [2.24, 2.45) is 0 Å². The summed E-state index contributed by atoms with van der Waals surface area (Å²) in [6, 6.07) is 6.89. The molecule has 3 aromatic rings. The van der Waals surface area contributed by atoms with E-state index in [9.17, 15) is 9.59 Å². The van der Waals surface area contributed by atoms with Crippen molar-refractivity contribution in [2.75, 3.05) is 25.7 Å². The zero-order valence-corrected chi connectivity index (χ0v) is 17.5. The van der Waals surface area contributed by atoms with Gasteiger partial charge >= 0.3 is 0 Å². The molecule has 0 unspecified atom stereocenters. The van der Waals surface area contributed by atoms with Crippen molar-refractivity contribution in [3.8, 4) is 11.5 Å². The van der Waals surface area contributed by atoms with Crippen LogP contribution in [0.2, 0.25) is 0 Å². The molecule has 1 aromatic carbocycles. The lowest BCUT2D eigenvalue weighted by atomic mass is 10.2. The number of ether oxygens (including phenoxy) is 3. The highest BCUT2D eigenvalue weighted by molar-refractivity contribution is 7.99. The number of carbonyl (C=O) groups excluding carboxylic acids is 1. The van der Waals surface area contributed by atoms with Crippen LogP contribution >= 0.6 is 11.8 Å². The molecule has 2 aliphatic heterocycles. The molecule has 2 aliphatic rings. The Hall–Kier alpha value is -2.98. The van der Waals surface area contributed by atoms with Crippen LogP contribution in [0.1, 0.15) is 18.6 Å². The van der Waals surface area contributed by atoms with Crippen LogP contribution in [0.3, 0.4) is 0 Å². The second kappa shape index (κ2) is 8.64. The average Bonchev–Trinajstić information content (AvgIpc) is 3.54. The van der Waals surface area contributed by atoms with Gasteiger partial charge in [0.2, 0.25) is 12.7 Å². The summed E-state index contributed by atoms with van der Waals surface area (Å²) in [7, 11) is 0. The summed E-state index contributed by atoms with van der Waals surface area (Å²) in [6.07, 6.45) is 3.61. The molecule has 162 valence electrons. The molecule has 0 aliphatic carbocycles. The van der Waals surface area contributed by atoms with Crippen LogP contribution in [0.25, 0.3) is 10.9 Å². The lowest BCUT2D eigenvalue weighted by molar-refractivity contribution is -0.119. The molecule has 4 heterocycles. The number of hydrogen-bond acceptors (Lipinski definition) is 8. The Morgan fingerprint density at radius 1 is 1.29 bits per heavy atom. The van der Waals surface area contributed by atoms with Gasteiger partial charge in [-0.05, 0) is 31.0 Å². The van der Waals surface area contributed by atoms with E-state index < -0.39 is 0 Å². The van der Waals surface area contributed by atoms with E-state index in [-0.39, 0.29) is 36.7 Å². The molecular weight excluding hydrogens is 422 g/mol. The number of furan rings is 1. The third-order valence-corrected chi connectivity index (χ3v) is 6.17. The Kier molecular flexibility index (Phi) is 5.56. The third-order valence-electron chi connectivity index (χ3n) is 5.19. The molecule has 1 amide bonds. The maximum absolute atomic E-state index is 13.3. The first-order chi connectivity index (χ1) is 15.2. The van der Waals surface area contributed by atoms with Gasteiger partial charge in [-0.2, -0.15) is 0 Å². The van der Waals surface area contributed by atoms with E-state index in [0.29, 0.717) is 39.9 Å². The maximum atomic E-state index is 13.3. The largest absolute Gasteiger partial charge is 0.467 e. The summed E-state index contributed by atoms with van der Waals surface area (Å²) < 4.78 is 23.3. The normalized spacial score (nSPS) is 17.4. The van der Waals surface area contributed by atoms with Crippen LogP contribution in [0, 0.1) is 0 Å². The predicted molar refractivity (Wildman–Crippen MR) is 113 cm³/mol. The number of nitrogens with zero attached hydrogens (tertiary/aromatic N) is 2. The van der Waals surface area contributed by atoms with Crippen LogP contribution in [-0.4, -0.2) is 47.3 Å². The van der Waals surface area contributed by atoms with E-state index in [1.165, 1.54) is 16.3 Å². The Bertz CT molecular complexity index is 1150. The SMILES string of the molecule is O=C(CSc1nc2cc3c(cc2c(=O)n1Cc1ccco1)OCO3)NC[C@@H]1CCCO1. The molecule has 1 saturated heterocycles. The highest BCUT2D eigenvalue weighted by atomic mass is 32.2. The number of carbonyl (C=O) groups is 1. The van der Waals surface area contributed by atoms with Crippen molar-refractivity contribution in [1.29, 1.82) is 0 Å². The van der Waals surface area contributed by atoms with E-state index in [1.54, 1.807) is 30.5 Å². The van der Waals surface area contributed by atoms with Crippen LogP contribution in [0.5, 0.6) is 11.5 Å². The van der Waals surface area contributed by atoms with E-state index >= 15 is 0 Å². The molecule has 5 rings (SSSR count). The van der Waals surface area contributed by atoms with E-state index in [1.807, 2.05) is 0 Å². The average molecular weight is 443 g/mol. The van der Waals surface area contributed by atoms with Gasteiger partial charge < -0.3 is 23.9 Å². The summed E-state index contributed by atoms with van der Waals surface area (Å²) in [4.78, 5) is 30.3. The Balaban J connectivity index is 1.41. The predicted octanol–water partition coefficient (Wildman–Crippen LogP) is 2.15. The Labute approximate surface area is 181 Å². The molecule has 31 heavy (non-hydrogen) atoms. The molecule has 0 saturated carbocycles. The van der Waals surface area contributed by atoms with Gasteiger partial charge in [-0.3, -0.25) is 14.2 Å². The summed E-state index contributed by atoms with van der Waals surface area (Å²) in [5.41, 5.74) is 0.258.